The molecule has 0 spiro atoms. The summed E-state index contributed by atoms with van der Waals surface area (Å²) in [5, 5.41) is 3.06. The Morgan fingerprint density at radius 2 is 2.05 bits per heavy atom. The number of hydrogen-bond donors (Lipinski definition) is 2. The molecule has 1 aliphatic carbocycles. The number of amides is 2. The number of carbonyl (C=O) groups excluding carboxylic acids is 2. The maximum atomic E-state index is 12.1. The Morgan fingerprint density at radius 3 is 2.50 bits per heavy atom. The fraction of sp³-hybridized carbons (Fsp3) is 0.385. The highest BCUT2D eigenvalue weighted by Gasteiger charge is 2.57. The average Bonchev–Trinajstić information content (AvgIpc) is 2.98. The molecule has 0 saturated heterocycles. The van der Waals surface area contributed by atoms with Gasteiger partial charge in [0.15, 0.2) is 0 Å². The minimum absolute atomic E-state index is 0.354. The topological polar surface area (TPSA) is 72.2 Å². The highest BCUT2D eigenvalue weighted by Crippen LogP contribution is 2.53. The standard InChI is InChI=1S/C13H13Cl3N2O2/c1-12(11(17)20,7-3-2-4-8(14)5-7)18-10(19)9-6-13(9,15)16/h2-5,9H,6H2,1H3,(H2,17,20)(H,18,19). The Hall–Kier alpha value is -0.970. The number of halogens is 3. The highest BCUT2D eigenvalue weighted by molar-refractivity contribution is 6.52. The van der Waals surface area contributed by atoms with E-state index >= 15 is 0 Å². The summed E-state index contributed by atoms with van der Waals surface area (Å²) in [6.45, 7) is 1.52. The highest BCUT2D eigenvalue weighted by atomic mass is 35.5. The monoisotopic (exact) mass is 334 g/mol. The first-order valence-corrected chi connectivity index (χ1v) is 7.06. The number of rotatable bonds is 4. The van der Waals surface area contributed by atoms with E-state index in [1.54, 1.807) is 24.3 Å². The van der Waals surface area contributed by atoms with Crippen LogP contribution in [0.1, 0.15) is 18.9 Å². The lowest BCUT2D eigenvalue weighted by Gasteiger charge is -2.28. The molecule has 2 atom stereocenters. The van der Waals surface area contributed by atoms with Gasteiger partial charge in [-0.2, -0.15) is 0 Å². The van der Waals surface area contributed by atoms with Crippen LogP contribution in [-0.4, -0.2) is 16.1 Å². The molecule has 4 nitrogen and oxygen atoms in total. The van der Waals surface area contributed by atoms with E-state index in [1.807, 2.05) is 0 Å². The first-order chi connectivity index (χ1) is 9.17. The number of benzene rings is 1. The quantitative estimate of drug-likeness (QED) is 0.829. The van der Waals surface area contributed by atoms with Gasteiger partial charge in [-0.05, 0) is 31.0 Å². The van der Waals surface area contributed by atoms with Gasteiger partial charge in [0.25, 0.3) is 0 Å². The van der Waals surface area contributed by atoms with Crippen LogP contribution in [0.4, 0.5) is 0 Å². The lowest BCUT2D eigenvalue weighted by Crippen LogP contribution is -2.53. The number of carbonyl (C=O) groups is 2. The first-order valence-electron chi connectivity index (χ1n) is 5.92. The molecule has 0 aromatic heterocycles. The van der Waals surface area contributed by atoms with Gasteiger partial charge in [0.05, 0.1) is 5.92 Å². The molecule has 20 heavy (non-hydrogen) atoms. The van der Waals surface area contributed by atoms with Gasteiger partial charge in [0, 0.05) is 5.02 Å². The van der Waals surface area contributed by atoms with Crippen LogP contribution in [0.2, 0.25) is 5.02 Å². The Bertz CT molecular complexity index is 576. The van der Waals surface area contributed by atoms with Crippen molar-refractivity contribution in [1.82, 2.24) is 5.32 Å². The molecule has 1 aliphatic rings. The van der Waals surface area contributed by atoms with Crippen molar-refractivity contribution in [3.8, 4) is 0 Å². The Kier molecular flexibility index (Phi) is 3.93. The van der Waals surface area contributed by atoms with Crippen LogP contribution in [0.3, 0.4) is 0 Å². The van der Waals surface area contributed by atoms with Crippen LogP contribution >= 0.6 is 34.8 Å². The van der Waals surface area contributed by atoms with E-state index in [0.29, 0.717) is 17.0 Å². The molecule has 0 aliphatic heterocycles. The predicted molar refractivity (Wildman–Crippen MR) is 78.7 cm³/mol. The number of primary amides is 1. The molecule has 1 saturated carbocycles. The number of hydrogen-bond acceptors (Lipinski definition) is 2. The molecule has 0 radical (unpaired) electrons. The van der Waals surface area contributed by atoms with Crippen LogP contribution in [0, 0.1) is 5.92 Å². The zero-order valence-corrected chi connectivity index (χ0v) is 12.9. The van der Waals surface area contributed by atoms with Crippen molar-refractivity contribution in [2.75, 3.05) is 0 Å². The second kappa shape index (κ2) is 5.10. The van der Waals surface area contributed by atoms with Crippen molar-refractivity contribution in [3.63, 3.8) is 0 Å². The molecule has 2 unspecified atom stereocenters. The smallest absolute Gasteiger partial charge is 0.247 e. The van der Waals surface area contributed by atoms with Crippen molar-refractivity contribution < 1.29 is 9.59 Å². The largest absolute Gasteiger partial charge is 0.367 e. The van der Waals surface area contributed by atoms with Gasteiger partial charge in [-0.1, -0.05) is 23.7 Å². The van der Waals surface area contributed by atoms with E-state index in [2.05, 4.69) is 5.32 Å². The normalized spacial score (nSPS) is 22.7. The predicted octanol–water partition coefficient (Wildman–Crippen LogP) is 2.35. The Labute approximate surface area is 131 Å². The fourth-order valence-corrected chi connectivity index (χ4v) is 2.60. The summed E-state index contributed by atoms with van der Waals surface area (Å²) in [7, 11) is 0. The van der Waals surface area contributed by atoms with Gasteiger partial charge >= 0.3 is 0 Å². The van der Waals surface area contributed by atoms with E-state index in [9.17, 15) is 9.59 Å². The minimum atomic E-state index is -1.37. The third kappa shape index (κ3) is 2.87. The molecule has 1 aromatic carbocycles. The molecule has 2 rings (SSSR count). The molecule has 1 aromatic rings. The fourth-order valence-electron chi connectivity index (χ4n) is 1.91. The van der Waals surface area contributed by atoms with E-state index < -0.39 is 27.6 Å². The van der Waals surface area contributed by atoms with Crippen LogP contribution in [0.5, 0.6) is 0 Å². The van der Waals surface area contributed by atoms with Crippen LogP contribution in [-0.2, 0) is 15.1 Å². The summed E-state index contributed by atoms with van der Waals surface area (Å²) < 4.78 is -1.06. The third-order valence-corrected chi connectivity index (χ3v) is 4.48. The molecular formula is C13H13Cl3N2O2. The van der Waals surface area contributed by atoms with Crippen molar-refractivity contribution in [2.24, 2.45) is 11.7 Å². The lowest BCUT2D eigenvalue weighted by atomic mass is 9.91. The van der Waals surface area contributed by atoms with E-state index in [-0.39, 0.29) is 0 Å². The molecule has 1 fully saturated rings. The minimum Gasteiger partial charge on any atom is -0.367 e. The van der Waals surface area contributed by atoms with Gasteiger partial charge in [0.2, 0.25) is 11.8 Å². The van der Waals surface area contributed by atoms with Gasteiger partial charge in [-0.15, -0.1) is 23.2 Å². The Balaban J connectivity index is 2.27. The van der Waals surface area contributed by atoms with E-state index in [1.165, 1.54) is 6.92 Å². The molecule has 0 bridgehead atoms. The number of nitrogens with one attached hydrogen (secondary N) is 1. The maximum absolute atomic E-state index is 12.1. The SMILES string of the molecule is CC(NC(=O)C1CC1(Cl)Cl)(C(N)=O)c1cccc(Cl)c1. The summed E-state index contributed by atoms with van der Waals surface area (Å²) in [6.07, 6.45) is 0.354. The lowest BCUT2D eigenvalue weighted by molar-refractivity contribution is -0.132. The van der Waals surface area contributed by atoms with Gasteiger partial charge < -0.3 is 11.1 Å². The van der Waals surface area contributed by atoms with Gasteiger partial charge in [-0.25, -0.2) is 0 Å². The summed E-state index contributed by atoms with van der Waals surface area (Å²) >= 11 is 17.6. The first kappa shape index (κ1) is 15.4. The maximum Gasteiger partial charge on any atom is 0.247 e. The van der Waals surface area contributed by atoms with Gasteiger partial charge in [-0.3, -0.25) is 9.59 Å². The van der Waals surface area contributed by atoms with E-state index in [0.717, 1.165) is 0 Å². The molecular weight excluding hydrogens is 323 g/mol. The molecule has 7 heteroatoms. The van der Waals surface area contributed by atoms with E-state index in [4.69, 9.17) is 40.5 Å². The molecule has 2 amide bonds. The summed E-state index contributed by atoms with van der Waals surface area (Å²) in [5.74, 6) is -1.64. The summed E-state index contributed by atoms with van der Waals surface area (Å²) in [4.78, 5) is 23.8. The average molecular weight is 336 g/mol. The zero-order valence-electron chi connectivity index (χ0n) is 10.6. The van der Waals surface area contributed by atoms with Crippen molar-refractivity contribution in [2.45, 2.75) is 23.2 Å². The van der Waals surface area contributed by atoms with Crippen LogP contribution < -0.4 is 11.1 Å². The van der Waals surface area contributed by atoms with Crippen LogP contribution in [0.15, 0.2) is 24.3 Å². The second-order valence-electron chi connectivity index (χ2n) is 5.01. The van der Waals surface area contributed by atoms with Crippen LogP contribution in [0.25, 0.3) is 0 Å². The van der Waals surface area contributed by atoms with Crippen molar-refractivity contribution in [3.05, 3.63) is 34.9 Å². The Morgan fingerprint density at radius 1 is 1.45 bits per heavy atom. The molecule has 0 heterocycles. The zero-order chi connectivity index (χ0) is 15.1. The third-order valence-electron chi connectivity index (χ3n) is 3.41. The number of alkyl halides is 2. The van der Waals surface area contributed by atoms with Crippen molar-refractivity contribution >= 4 is 46.6 Å². The van der Waals surface area contributed by atoms with Gasteiger partial charge in [0.1, 0.15) is 9.87 Å². The summed E-state index contributed by atoms with van der Waals surface area (Å²) in [5.41, 5.74) is 4.56. The van der Waals surface area contributed by atoms with Crippen molar-refractivity contribution in [1.29, 1.82) is 0 Å². The molecule has 3 N–H and O–H groups in total. The summed E-state index contributed by atoms with van der Waals surface area (Å²) in [6, 6.07) is 6.58. The number of nitrogens with two attached hydrogens (primary N) is 1. The second-order valence-corrected chi connectivity index (χ2v) is 6.99. The molecule has 108 valence electrons.